The molecule has 0 atom stereocenters. The van der Waals surface area contributed by atoms with Crippen LogP contribution in [-0.2, 0) is 16.1 Å². The average molecular weight is 331 g/mol. The first-order valence-corrected chi connectivity index (χ1v) is 6.89. The molecule has 0 saturated heterocycles. The third-order valence-electron chi connectivity index (χ3n) is 2.87. The molecule has 0 aliphatic heterocycles. The van der Waals surface area contributed by atoms with Crippen LogP contribution in [0.5, 0.6) is 0 Å². The summed E-state index contributed by atoms with van der Waals surface area (Å²) in [4.78, 5) is 26.1. The summed E-state index contributed by atoms with van der Waals surface area (Å²) >= 11 is 3.22. The maximum absolute atomic E-state index is 11.9. The molecule has 0 unspecified atom stereocenters. The fourth-order valence-electron chi connectivity index (χ4n) is 1.57. The monoisotopic (exact) mass is 330 g/mol. The van der Waals surface area contributed by atoms with Crippen LogP contribution in [-0.4, -0.2) is 42.3 Å². The molecule has 1 aromatic heterocycles. The van der Waals surface area contributed by atoms with Gasteiger partial charge in [0.15, 0.2) is 4.67 Å². The minimum absolute atomic E-state index is 0.0150. The molecule has 0 radical (unpaired) electrons. The van der Waals surface area contributed by atoms with Gasteiger partial charge in [-0.25, -0.2) is 0 Å². The van der Waals surface area contributed by atoms with Gasteiger partial charge >= 0.3 is 0 Å². The minimum Gasteiger partial charge on any atom is -0.452 e. The fraction of sp³-hybridized carbons (Fsp3) is 0.538. The molecule has 19 heavy (non-hydrogen) atoms. The second-order valence-corrected chi connectivity index (χ2v) is 5.28. The number of halogens is 1. The first-order chi connectivity index (χ1) is 8.90. The molecule has 5 nitrogen and oxygen atoms in total. The van der Waals surface area contributed by atoms with Crippen LogP contribution in [0.2, 0.25) is 0 Å². The summed E-state index contributed by atoms with van der Waals surface area (Å²) in [6.07, 6.45) is 1.09. The summed E-state index contributed by atoms with van der Waals surface area (Å²) in [6, 6.07) is 3.63. The summed E-state index contributed by atoms with van der Waals surface area (Å²) < 4.78 is 6.01. The highest BCUT2D eigenvalue weighted by atomic mass is 79.9. The van der Waals surface area contributed by atoms with Gasteiger partial charge in [0, 0.05) is 34.0 Å². The number of furan rings is 1. The zero-order valence-electron chi connectivity index (χ0n) is 11.5. The molecule has 106 valence electrons. The topological polar surface area (TPSA) is 53.8 Å². The van der Waals surface area contributed by atoms with E-state index in [1.54, 1.807) is 30.0 Å². The molecule has 0 N–H and O–H groups in total. The standard InChI is InChI=1S/C13H19BrN2O3/c1-10(17)15(2)8-4-5-13(18)16(3)9-11-6-7-12(14)19-11/h6-7H,4-5,8-9H2,1-3H3. The third kappa shape index (κ3) is 5.46. The Kier molecular flexibility index (Phi) is 6.08. The maximum Gasteiger partial charge on any atom is 0.222 e. The van der Waals surface area contributed by atoms with Gasteiger partial charge in [0.1, 0.15) is 5.76 Å². The number of amides is 2. The summed E-state index contributed by atoms with van der Waals surface area (Å²) in [7, 11) is 3.48. The zero-order valence-corrected chi connectivity index (χ0v) is 13.1. The summed E-state index contributed by atoms with van der Waals surface area (Å²) in [5.74, 6) is 0.800. The van der Waals surface area contributed by atoms with Crippen LogP contribution in [0.1, 0.15) is 25.5 Å². The van der Waals surface area contributed by atoms with E-state index in [9.17, 15) is 9.59 Å². The van der Waals surface area contributed by atoms with Gasteiger partial charge in [-0.2, -0.15) is 0 Å². The van der Waals surface area contributed by atoms with Gasteiger partial charge in [0.2, 0.25) is 11.8 Å². The predicted molar refractivity (Wildman–Crippen MR) is 75.4 cm³/mol. The summed E-state index contributed by atoms with van der Waals surface area (Å²) in [6.45, 7) is 2.57. The maximum atomic E-state index is 11.9. The third-order valence-corrected chi connectivity index (χ3v) is 3.30. The number of hydrogen-bond donors (Lipinski definition) is 0. The molecule has 2 amide bonds. The Hall–Kier alpha value is -1.30. The summed E-state index contributed by atoms with van der Waals surface area (Å²) in [5, 5.41) is 0. The van der Waals surface area contributed by atoms with E-state index < -0.39 is 0 Å². The van der Waals surface area contributed by atoms with E-state index in [-0.39, 0.29) is 11.8 Å². The van der Waals surface area contributed by atoms with Crippen molar-refractivity contribution in [1.29, 1.82) is 0 Å². The Bertz CT molecular complexity index is 445. The number of hydrogen-bond acceptors (Lipinski definition) is 3. The number of rotatable bonds is 6. The van der Waals surface area contributed by atoms with Crippen molar-refractivity contribution in [2.45, 2.75) is 26.3 Å². The van der Waals surface area contributed by atoms with Gasteiger partial charge in [-0.1, -0.05) is 0 Å². The minimum atomic E-state index is 0.0150. The predicted octanol–water partition coefficient (Wildman–Crippen LogP) is 2.26. The Labute approximate surface area is 121 Å². The first-order valence-electron chi connectivity index (χ1n) is 6.10. The normalized spacial score (nSPS) is 10.3. The van der Waals surface area contributed by atoms with Crippen molar-refractivity contribution in [1.82, 2.24) is 9.80 Å². The van der Waals surface area contributed by atoms with E-state index in [2.05, 4.69) is 15.9 Å². The molecule has 1 aromatic rings. The van der Waals surface area contributed by atoms with Crippen molar-refractivity contribution in [3.63, 3.8) is 0 Å². The lowest BCUT2D eigenvalue weighted by atomic mass is 10.2. The second-order valence-electron chi connectivity index (χ2n) is 4.50. The fourth-order valence-corrected chi connectivity index (χ4v) is 1.91. The van der Waals surface area contributed by atoms with Crippen molar-refractivity contribution in [2.75, 3.05) is 20.6 Å². The Morgan fingerprint density at radius 2 is 1.95 bits per heavy atom. The van der Waals surface area contributed by atoms with Gasteiger partial charge in [-0.05, 0) is 34.5 Å². The zero-order chi connectivity index (χ0) is 14.4. The average Bonchev–Trinajstić information content (AvgIpc) is 2.74. The summed E-state index contributed by atoms with van der Waals surface area (Å²) in [5.41, 5.74) is 0. The van der Waals surface area contributed by atoms with E-state index in [1.807, 2.05) is 6.07 Å². The van der Waals surface area contributed by atoms with Crippen LogP contribution >= 0.6 is 15.9 Å². The highest BCUT2D eigenvalue weighted by molar-refractivity contribution is 9.10. The van der Waals surface area contributed by atoms with Crippen LogP contribution in [0.4, 0.5) is 0 Å². The molecule has 0 spiro atoms. The SMILES string of the molecule is CC(=O)N(C)CCCC(=O)N(C)Cc1ccc(Br)o1. The molecular formula is C13H19BrN2O3. The van der Waals surface area contributed by atoms with Crippen LogP contribution in [0.15, 0.2) is 21.2 Å². The van der Waals surface area contributed by atoms with Crippen LogP contribution in [0, 0.1) is 0 Å². The van der Waals surface area contributed by atoms with Gasteiger partial charge in [0.05, 0.1) is 6.54 Å². The smallest absolute Gasteiger partial charge is 0.222 e. The van der Waals surface area contributed by atoms with Crippen molar-refractivity contribution in [3.05, 3.63) is 22.6 Å². The lowest BCUT2D eigenvalue weighted by Gasteiger charge is -2.17. The molecule has 0 aliphatic rings. The second kappa shape index (κ2) is 7.33. The highest BCUT2D eigenvalue weighted by Crippen LogP contribution is 2.15. The van der Waals surface area contributed by atoms with Crippen LogP contribution in [0.25, 0.3) is 0 Å². The molecule has 1 rings (SSSR count). The van der Waals surface area contributed by atoms with Crippen LogP contribution < -0.4 is 0 Å². The van der Waals surface area contributed by atoms with Crippen LogP contribution in [0.3, 0.4) is 0 Å². The van der Waals surface area contributed by atoms with Gasteiger partial charge in [0.25, 0.3) is 0 Å². The molecule has 0 aromatic carbocycles. The van der Waals surface area contributed by atoms with E-state index >= 15 is 0 Å². The number of carbonyl (C=O) groups is 2. The number of carbonyl (C=O) groups excluding carboxylic acids is 2. The largest absolute Gasteiger partial charge is 0.452 e. The quantitative estimate of drug-likeness (QED) is 0.803. The van der Waals surface area contributed by atoms with Gasteiger partial charge < -0.3 is 14.2 Å². The molecule has 1 heterocycles. The molecule has 6 heteroatoms. The molecule has 0 bridgehead atoms. The van der Waals surface area contributed by atoms with Crippen molar-refractivity contribution in [3.8, 4) is 0 Å². The van der Waals surface area contributed by atoms with E-state index in [1.165, 1.54) is 6.92 Å². The van der Waals surface area contributed by atoms with Gasteiger partial charge in [-0.15, -0.1) is 0 Å². The van der Waals surface area contributed by atoms with Crippen molar-refractivity contribution in [2.24, 2.45) is 0 Å². The first kappa shape index (κ1) is 15.8. The van der Waals surface area contributed by atoms with E-state index in [4.69, 9.17) is 4.42 Å². The molecular weight excluding hydrogens is 312 g/mol. The van der Waals surface area contributed by atoms with E-state index in [0.717, 1.165) is 5.76 Å². The molecule has 0 aliphatic carbocycles. The Morgan fingerprint density at radius 1 is 1.26 bits per heavy atom. The lowest BCUT2D eigenvalue weighted by molar-refractivity contribution is -0.132. The van der Waals surface area contributed by atoms with E-state index in [0.29, 0.717) is 30.6 Å². The number of nitrogens with zero attached hydrogens (tertiary/aromatic N) is 2. The lowest BCUT2D eigenvalue weighted by Crippen LogP contribution is -2.29. The Morgan fingerprint density at radius 3 is 2.47 bits per heavy atom. The van der Waals surface area contributed by atoms with Crippen molar-refractivity contribution < 1.29 is 14.0 Å². The molecule has 0 fully saturated rings. The Balaban J connectivity index is 2.31. The van der Waals surface area contributed by atoms with Crippen molar-refractivity contribution >= 4 is 27.7 Å². The van der Waals surface area contributed by atoms with Gasteiger partial charge in [-0.3, -0.25) is 9.59 Å². The highest BCUT2D eigenvalue weighted by Gasteiger charge is 2.12. The molecule has 0 saturated carbocycles.